The van der Waals surface area contributed by atoms with E-state index in [9.17, 15) is 4.79 Å². The number of nitrogens with two attached hydrogens (primary N) is 1. The van der Waals surface area contributed by atoms with Crippen molar-refractivity contribution in [3.63, 3.8) is 0 Å². The van der Waals surface area contributed by atoms with Crippen LogP contribution in [0.2, 0.25) is 0 Å². The number of carbonyl (C=O) groups excluding carboxylic acids is 1. The van der Waals surface area contributed by atoms with Crippen molar-refractivity contribution in [3.05, 3.63) is 18.2 Å². The van der Waals surface area contributed by atoms with Gasteiger partial charge in [0.2, 0.25) is 0 Å². The van der Waals surface area contributed by atoms with Crippen LogP contribution in [0.3, 0.4) is 0 Å². The van der Waals surface area contributed by atoms with Crippen LogP contribution in [0.15, 0.2) is 12.5 Å². The van der Waals surface area contributed by atoms with Gasteiger partial charge in [-0.05, 0) is 31.1 Å². The lowest BCUT2D eigenvalue weighted by atomic mass is 9.80. The van der Waals surface area contributed by atoms with Crippen LogP contribution in [0.5, 0.6) is 0 Å². The van der Waals surface area contributed by atoms with Crippen LogP contribution in [0, 0.1) is 11.8 Å². The highest BCUT2D eigenvalue weighted by molar-refractivity contribution is 5.92. The number of rotatable bonds is 4. The zero-order valence-electron chi connectivity index (χ0n) is 11.8. The molecule has 1 aliphatic rings. The lowest BCUT2D eigenvalue weighted by molar-refractivity contribution is 0.0906. The maximum absolute atomic E-state index is 12.1. The minimum atomic E-state index is -0.0675. The quantitative estimate of drug-likeness (QED) is 0.863. The molecule has 1 heterocycles. The fourth-order valence-corrected chi connectivity index (χ4v) is 3.07. The number of hydrogen-bond acceptors (Lipinski definition) is 3. The molecule has 1 amide bonds. The van der Waals surface area contributed by atoms with E-state index in [0.29, 0.717) is 30.6 Å². The average molecular weight is 264 g/mol. The van der Waals surface area contributed by atoms with E-state index in [1.807, 2.05) is 4.57 Å². The second kappa shape index (κ2) is 6.19. The van der Waals surface area contributed by atoms with Crippen LogP contribution >= 0.6 is 0 Å². The van der Waals surface area contributed by atoms with Crippen molar-refractivity contribution < 1.29 is 4.79 Å². The summed E-state index contributed by atoms with van der Waals surface area (Å²) in [5.74, 6) is 1.30. The highest BCUT2D eigenvalue weighted by Gasteiger charge is 2.25. The number of imidazole rings is 1. The molecule has 2 rings (SSSR count). The highest BCUT2D eigenvalue weighted by atomic mass is 16.2. The van der Waals surface area contributed by atoms with Crippen LogP contribution < -0.4 is 11.1 Å². The van der Waals surface area contributed by atoms with Crippen molar-refractivity contribution in [2.75, 3.05) is 6.54 Å². The van der Waals surface area contributed by atoms with Gasteiger partial charge in [0.25, 0.3) is 5.91 Å². The van der Waals surface area contributed by atoms with Crippen molar-refractivity contribution in [2.45, 2.75) is 45.7 Å². The van der Waals surface area contributed by atoms with Gasteiger partial charge in [-0.2, -0.15) is 0 Å². The first-order valence-electron chi connectivity index (χ1n) is 7.11. The molecule has 1 saturated carbocycles. The zero-order valence-corrected chi connectivity index (χ0v) is 11.8. The maximum atomic E-state index is 12.1. The minimum absolute atomic E-state index is 0.0675. The maximum Gasteiger partial charge on any atom is 0.271 e. The summed E-state index contributed by atoms with van der Waals surface area (Å²) < 4.78 is 1.85. The minimum Gasteiger partial charge on any atom is -0.348 e. The van der Waals surface area contributed by atoms with Crippen LogP contribution in [-0.2, 0) is 6.54 Å². The lowest BCUT2D eigenvalue weighted by Crippen LogP contribution is -2.40. The van der Waals surface area contributed by atoms with Gasteiger partial charge < -0.3 is 15.6 Å². The first-order chi connectivity index (χ1) is 9.08. The third kappa shape index (κ3) is 3.80. The molecule has 2 unspecified atom stereocenters. The largest absolute Gasteiger partial charge is 0.348 e. The molecule has 1 aromatic rings. The molecule has 0 bridgehead atoms. The Labute approximate surface area is 114 Å². The summed E-state index contributed by atoms with van der Waals surface area (Å²) in [4.78, 5) is 16.3. The molecule has 1 fully saturated rings. The SMILES string of the molecule is CC1CC(C)CC(NC(=O)c2cn(CCN)cn2)C1. The standard InChI is InChI=1S/C14H24N4O/c1-10-5-11(2)7-12(6-10)17-14(19)13-8-18(4-3-15)9-16-13/h8-12H,3-7,15H2,1-2H3,(H,17,19). The van der Waals surface area contributed by atoms with Crippen molar-refractivity contribution >= 4 is 5.91 Å². The monoisotopic (exact) mass is 264 g/mol. The van der Waals surface area contributed by atoms with Crippen molar-refractivity contribution in [2.24, 2.45) is 17.6 Å². The summed E-state index contributed by atoms with van der Waals surface area (Å²) in [6.45, 7) is 5.75. The molecule has 0 radical (unpaired) electrons. The van der Waals surface area contributed by atoms with Crippen LogP contribution in [0.1, 0.15) is 43.6 Å². The Morgan fingerprint density at radius 2 is 2.11 bits per heavy atom. The number of amides is 1. The Bertz CT molecular complexity index is 419. The molecule has 0 saturated heterocycles. The fraction of sp³-hybridized carbons (Fsp3) is 0.714. The van der Waals surface area contributed by atoms with Gasteiger partial charge in [-0.15, -0.1) is 0 Å². The molecule has 106 valence electrons. The molecular weight excluding hydrogens is 240 g/mol. The molecule has 1 aliphatic carbocycles. The van der Waals surface area contributed by atoms with E-state index in [2.05, 4.69) is 24.1 Å². The molecular formula is C14H24N4O. The summed E-state index contributed by atoms with van der Waals surface area (Å²) in [5.41, 5.74) is 5.96. The van der Waals surface area contributed by atoms with Gasteiger partial charge in [0, 0.05) is 25.3 Å². The number of nitrogens with zero attached hydrogens (tertiary/aromatic N) is 2. The van der Waals surface area contributed by atoms with E-state index >= 15 is 0 Å². The predicted octanol–water partition coefficient (Wildman–Crippen LogP) is 1.40. The van der Waals surface area contributed by atoms with Gasteiger partial charge in [0.1, 0.15) is 5.69 Å². The number of carbonyl (C=O) groups is 1. The molecule has 0 spiro atoms. The van der Waals surface area contributed by atoms with Gasteiger partial charge in [-0.3, -0.25) is 4.79 Å². The number of nitrogens with one attached hydrogen (secondary N) is 1. The Balaban J connectivity index is 1.92. The Kier molecular flexibility index (Phi) is 4.58. The van der Waals surface area contributed by atoms with E-state index < -0.39 is 0 Å². The van der Waals surface area contributed by atoms with Crippen LogP contribution in [0.4, 0.5) is 0 Å². The summed E-state index contributed by atoms with van der Waals surface area (Å²) >= 11 is 0. The first-order valence-corrected chi connectivity index (χ1v) is 7.11. The third-order valence-electron chi connectivity index (χ3n) is 3.77. The first kappa shape index (κ1) is 14.1. The van der Waals surface area contributed by atoms with Crippen molar-refractivity contribution in [3.8, 4) is 0 Å². The molecule has 2 atom stereocenters. The molecule has 5 heteroatoms. The predicted molar refractivity (Wildman–Crippen MR) is 74.7 cm³/mol. The van der Waals surface area contributed by atoms with E-state index in [4.69, 9.17) is 5.73 Å². The molecule has 19 heavy (non-hydrogen) atoms. The number of aromatic nitrogens is 2. The molecule has 0 aromatic carbocycles. The molecule has 5 nitrogen and oxygen atoms in total. The lowest BCUT2D eigenvalue weighted by Gasteiger charge is -2.31. The highest BCUT2D eigenvalue weighted by Crippen LogP contribution is 2.28. The van der Waals surface area contributed by atoms with E-state index in [0.717, 1.165) is 12.8 Å². The summed E-state index contributed by atoms with van der Waals surface area (Å²) in [5, 5.41) is 3.11. The zero-order chi connectivity index (χ0) is 13.8. The van der Waals surface area contributed by atoms with E-state index in [-0.39, 0.29) is 11.9 Å². The van der Waals surface area contributed by atoms with Gasteiger partial charge in [0.15, 0.2) is 0 Å². The van der Waals surface area contributed by atoms with E-state index in [1.54, 1.807) is 12.5 Å². The van der Waals surface area contributed by atoms with E-state index in [1.165, 1.54) is 6.42 Å². The van der Waals surface area contributed by atoms with Crippen LogP contribution in [-0.4, -0.2) is 28.0 Å². The normalized spacial score (nSPS) is 27.2. The summed E-state index contributed by atoms with van der Waals surface area (Å²) in [6, 6.07) is 0.283. The summed E-state index contributed by atoms with van der Waals surface area (Å²) in [7, 11) is 0. The van der Waals surface area contributed by atoms with Gasteiger partial charge >= 0.3 is 0 Å². The Hall–Kier alpha value is -1.36. The summed E-state index contributed by atoms with van der Waals surface area (Å²) in [6.07, 6.45) is 6.82. The van der Waals surface area contributed by atoms with Crippen molar-refractivity contribution in [1.29, 1.82) is 0 Å². The molecule has 1 aromatic heterocycles. The topological polar surface area (TPSA) is 72.9 Å². The van der Waals surface area contributed by atoms with Gasteiger partial charge in [-0.1, -0.05) is 13.8 Å². The average Bonchev–Trinajstić information content (AvgIpc) is 2.76. The third-order valence-corrected chi connectivity index (χ3v) is 3.77. The Morgan fingerprint density at radius 1 is 1.42 bits per heavy atom. The van der Waals surface area contributed by atoms with Gasteiger partial charge in [0.05, 0.1) is 6.33 Å². The Morgan fingerprint density at radius 3 is 2.74 bits per heavy atom. The molecule has 3 N–H and O–H groups in total. The molecule has 0 aliphatic heterocycles. The van der Waals surface area contributed by atoms with Gasteiger partial charge in [-0.25, -0.2) is 4.98 Å². The van der Waals surface area contributed by atoms with Crippen molar-refractivity contribution in [1.82, 2.24) is 14.9 Å². The number of hydrogen-bond donors (Lipinski definition) is 2. The second-order valence-corrected chi connectivity index (χ2v) is 5.87. The second-order valence-electron chi connectivity index (χ2n) is 5.87. The smallest absolute Gasteiger partial charge is 0.271 e. The van der Waals surface area contributed by atoms with Crippen LogP contribution in [0.25, 0.3) is 0 Å². The fourth-order valence-electron chi connectivity index (χ4n) is 3.07.